The Morgan fingerprint density at radius 1 is 1.29 bits per heavy atom. The maximum absolute atomic E-state index is 5.50. The van der Waals surface area contributed by atoms with Gasteiger partial charge in [0.15, 0.2) is 0 Å². The molecule has 1 aliphatic heterocycles. The SMILES string of the molecule is CCCNCC(Cc1cccc(C)c1)CC1CCOCC1. The van der Waals surface area contributed by atoms with Crippen molar-refractivity contribution in [2.45, 2.75) is 46.0 Å². The van der Waals surface area contributed by atoms with Crippen molar-refractivity contribution in [2.24, 2.45) is 11.8 Å². The number of hydrogen-bond acceptors (Lipinski definition) is 2. The fraction of sp³-hybridized carbons (Fsp3) is 0.684. The Bertz CT molecular complexity index is 398. The summed E-state index contributed by atoms with van der Waals surface area (Å²) in [5, 5.41) is 3.63. The second-order valence-corrected chi connectivity index (χ2v) is 6.55. The van der Waals surface area contributed by atoms with Crippen LogP contribution >= 0.6 is 0 Å². The van der Waals surface area contributed by atoms with Gasteiger partial charge in [0.05, 0.1) is 0 Å². The highest BCUT2D eigenvalue weighted by Gasteiger charge is 2.19. The molecule has 0 amide bonds. The van der Waals surface area contributed by atoms with Gasteiger partial charge in [-0.2, -0.15) is 0 Å². The van der Waals surface area contributed by atoms with Crippen LogP contribution in [0.2, 0.25) is 0 Å². The van der Waals surface area contributed by atoms with Gasteiger partial charge in [-0.25, -0.2) is 0 Å². The van der Waals surface area contributed by atoms with E-state index in [1.165, 1.54) is 43.2 Å². The first kappa shape index (κ1) is 16.5. The molecule has 1 aromatic rings. The summed E-state index contributed by atoms with van der Waals surface area (Å²) in [7, 11) is 0. The zero-order chi connectivity index (χ0) is 14.9. The van der Waals surface area contributed by atoms with Crippen LogP contribution in [-0.4, -0.2) is 26.3 Å². The molecule has 1 aromatic carbocycles. The molecule has 0 radical (unpaired) electrons. The van der Waals surface area contributed by atoms with E-state index in [9.17, 15) is 0 Å². The first-order valence-corrected chi connectivity index (χ1v) is 8.62. The van der Waals surface area contributed by atoms with Crippen LogP contribution in [-0.2, 0) is 11.2 Å². The van der Waals surface area contributed by atoms with E-state index in [2.05, 4.69) is 43.4 Å². The lowest BCUT2D eigenvalue weighted by atomic mass is 9.85. The van der Waals surface area contributed by atoms with Gasteiger partial charge in [-0.15, -0.1) is 0 Å². The van der Waals surface area contributed by atoms with Crippen LogP contribution in [0.4, 0.5) is 0 Å². The van der Waals surface area contributed by atoms with Gasteiger partial charge < -0.3 is 10.1 Å². The Balaban J connectivity index is 1.90. The summed E-state index contributed by atoms with van der Waals surface area (Å²) in [6.07, 6.45) is 6.26. The van der Waals surface area contributed by atoms with E-state index >= 15 is 0 Å². The highest BCUT2D eigenvalue weighted by molar-refractivity contribution is 5.22. The summed E-state index contributed by atoms with van der Waals surface area (Å²) in [5.74, 6) is 1.61. The number of nitrogens with one attached hydrogen (secondary N) is 1. The second kappa shape index (κ2) is 9.22. The molecule has 1 saturated heterocycles. The van der Waals surface area contributed by atoms with Crippen molar-refractivity contribution in [3.63, 3.8) is 0 Å². The minimum Gasteiger partial charge on any atom is -0.381 e. The summed E-state index contributed by atoms with van der Waals surface area (Å²) < 4.78 is 5.50. The van der Waals surface area contributed by atoms with E-state index < -0.39 is 0 Å². The molecule has 0 aliphatic carbocycles. The molecule has 2 rings (SSSR count). The number of ether oxygens (including phenoxy) is 1. The Hall–Kier alpha value is -0.860. The van der Waals surface area contributed by atoms with Crippen LogP contribution in [0.25, 0.3) is 0 Å². The highest BCUT2D eigenvalue weighted by atomic mass is 16.5. The van der Waals surface area contributed by atoms with Crippen LogP contribution < -0.4 is 5.32 Å². The third-order valence-electron chi connectivity index (χ3n) is 4.47. The lowest BCUT2D eigenvalue weighted by molar-refractivity contribution is 0.0585. The number of rotatable bonds is 8. The van der Waals surface area contributed by atoms with Crippen molar-refractivity contribution in [3.8, 4) is 0 Å². The molecule has 1 unspecified atom stereocenters. The summed E-state index contributed by atoms with van der Waals surface area (Å²) >= 11 is 0. The molecule has 1 N–H and O–H groups in total. The fourth-order valence-corrected chi connectivity index (χ4v) is 3.35. The fourth-order valence-electron chi connectivity index (χ4n) is 3.35. The van der Waals surface area contributed by atoms with Gasteiger partial charge >= 0.3 is 0 Å². The standard InChI is InChI=1S/C19H31NO/c1-3-9-20-15-19(13-17-7-10-21-11-8-17)14-18-6-4-5-16(2)12-18/h4-6,12,17,19-20H,3,7-11,13-15H2,1-2H3. The van der Waals surface area contributed by atoms with Crippen LogP contribution in [0.15, 0.2) is 24.3 Å². The third-order valence-corrected chi connectivity index (χ3v) is 4.47. The van der Waals surface area contributed by atoms with E-state index in [1.54, 1.807) is 0 Å². The highest BCUT2D eigenvalue weighted by Crippen LogP contribution is 2.25. The Kier molecular flexibility index (Phi) is 7.25. The van der Waals surface area contributed by atoms with Gasteiger partial charge in [0.2, 0.25) is 0 Å². The number of hydrogen-bond donors (Lipinski definition) is 1. The molecular weight excluding hydrogens is 258 g/mol. The summed E-state index contributed by atoms with van der Waals surface area (Å²) in [4.78, 5) is 0. The Morgan fingerprint density at radius 2 is 2.10 bits per heavy atom. The van der Waals surface area contributed by atoms with E-state index in [-0.39, 0.29) is 0 Å². The van der Waals surface area contributed by atoms with E-state index in [4.69, 9.17) is 4.74 Å². The van der Waals surface area contributed by atoms with Gasteiger partial charge in [0.1, 0.15) is 0 Å². The first-order chi connectivity index (χ1) is 10.3. The van der Waals surface area contributed by atoms with Gasteiger partial charge in [0, 0.05) is 13.2 Å². The molecule has 1 fully saturated rings. The number of benzene rings is 1. The molecule has 2 nitrogen and oxygen atoms in total. The molecule has 0 spiro atoms. The smallest absolute Gasteiger partial charge is 0.0468 e. The lowest BCUT2D eigenvalue weighted by Gasteiger charge is -2.27. The van der Waals surface area contributed by atoms with Gasteiger partial charge in [-0.1, -0.05) is 36.8 Å². The zero-order valence-electron chi connectivity index (χ0n) is 13.7. The first-order valence-electron chi connectivity index (χ1n) is 8.62. The predicted octanol–water partition coefficient (Wildman–Crippen LogP) is 3.97. The predicted molar refractivity (Wildman–Crippen MR) is 89.7 cm³/mol. The summed E-state index contributed by atoms with van der Waals surface area (Å²) in [6, 6.07) is 9.00. The molecule has 2 heteroatoms. The van der Waals surface area contributed by atoms with Crippen LogP contribution in [0, 0.1) is 18.8 Å². The van der Waals surface area contributed by atoms with Gasteiger partial charge in [-0.05, 0) is 69.5 Å². The van der Waals surface area contributed by atoms with Crippen molar-refractivity contribution >= 4 is 0 Å². The van der Waals surface area contributed by atoms with Crippen LogP contribution in [0.1, 0.15) is 43.7 Å². The molecule has 21 heavy (non-hydrogen) atoms. The molecular formula is C19H31NO. The van der Waals surface area contributed by atoms with Crippen molar-refractivity contribution in [2.75, 3.05) is 26.3 Å². The van der Waals surface area contributed by atoms with Crippen LogP contribution in [0.3, 0.4) is 0 Å². The third kappa shape index (κ3) is 6.19. The molecule has 1 aliphatic rings. The van der Waals surface area contributed by atoms with E-state index in [1.807, 2.05) is 0 Å². The summed E-state index contributed by atoms with van der Waals surface area (Å²) in [6.45, 7) is 8.64. The van der Waals surface area contributed by atoms with Crippen molar-refractivity contribution in [3.05, 3.63) is 35.4 Å². The molecule has 1 heterocycles. The normalized spacial score (nSPS) is 17.8. The Morgan fingerprint density at radius 3 is 2.81 bits per heavy atom. The average Bonchev–Trinajstić information content (AvgIpc) is 2.48. The number of aryl methyl sites for hydroxylation is 1. The topological polar surface area (TPSA) is 21.3 Å². The largest absolute Gasteiger partial charge is 0.381 e. The molecule has 0 saturated carbocycles. The average molecular weight is 289 g/mol. The maximum Gasteiger partial charge on any atom is 0.0468 e. The Labute approximate surface area is 130 Å². The molecule has 118 valence electrons. The van der Waals surface area contributed by atoms with Crippen molar-refractivity contribution in [1.82, 2.24) is 5.32 Å². The van der Waals surface area contributed by atoms with Crippen molar-refractivity contribution in [1.29, 1.82) is 0 Å². The van der Waals surface area contributed by atoms with E-state index in [0.717, 1.165) is 38.1 Å². The molecule has 0 bridgehead atoms. The lowest BCUT2D eigenvalue weighted by Crippen LogP contribution is -2.28. The zero-order valence-corrected chi connectivity index (χ0v) is 13.7. The monoisotopic (exact) mass is 289 g/mol. The van der Waals surface area contributed by atoms with Crippen molar-refractivity contribution < 1.29 is 4.74 Å². The molecule has 1 atom stereocenters. The second-order valence-electron chi connectivity index (χ2n) is 6.55. The maximum atomic E-state index is 5.50. The molecule has 0 aromatic heterocycles. The summed E-state index contributed by atoms with van der Waals surface area (Å²) in [5.41, 5.74) is 2.86. The minimum atomic E-state index is 0.751. The quantitative estimate of drug-likeness (QED) is 0.731. The van der Waals surface area contributed by atoms with Gasteiger partial charge in [0.25, 0.3) is 0 Å². The van der Waals surface area contributed by atoms with E-state index in [0.29, 0.717) is 0 Å². The van der Waals surface area contributed by atoms with Crippen LogP contribution in [0.5, 0.6) is 0 Å². The minimum absolute atomic E-state index is 0.751. The van der Waals surface area contributed by atoms with Gasteiger partial charge in [-0.3, -0.25) is 0 Å².